The first-order valence-corrected chi connectivity index (χ1v) is 11.8. The fourth-order valence-electron chi connectivity index (χ4n) is 4.07. The van der Waals surface area contributed by atoms with E-state index in [0.29, 0.717) is 22.2 Å². The van der Waals surface area contributed by atoms with E-state index in [-0.39, 0.29) is 17.2 Å². The van der Waals surface area contributed by atoms with Crippen LogP contribution in [0.25, 0.3) is 22.4 Å². The maximum Gasteiger partial charge on any atom is 0.267 e. The highest BCUT2D eigenvalue weighted by Gasteiger charge is 2.25. The van der Waals surface area contributed by atoms with Gasteiger partial charge in [0, 0.05) is 13.6 Å². The summed E-state index contributed by atoms with van der Waals surface area (Å²) < 4.78 is 3.50. The minimum absolute atomic E-state index is 0.0747. The van der Waals surface area contributed by atoms with Crippen LogP contribution in [0.2, 0.25) is 0 Å². The van der Waals surface area contributed by atoms with Crippen molar-refractivity contribution in [1.29, 1.82) is 0 Å². The molecule has 2 heterocycles. The van der Waals surface area contributed by atoms with Gasteiger partial charge in [0.25, 0.3) is 5.56 Å². The summed E-state index contributed by atoms with van der Waals surface area (Å²) in [4.78, 5) is 27.9. The van der Waals surface area contributed by atoms with Crippen LogP contribution >= 0.6 is 11.8 Å². The van der Waals surface area contributed by atoms with Crippen molar-refractivity contribution in [2.45, 2.75) is 31.8 Å². The molecule has 0 aliphatic heterocycles. The number of nitrogens with zero attached hydrogens (tertiary/aromatic N) is 5. The SMILES string of the molecule is Cc1ccc(-n2c(=O)c3ccccc3n3c(SCC(=O)N(C)CC4CC4)nnc23)c(C)c1. The van der Waals surface area contributed by atoms with Gasteiger partial charge in [-0.15, -0.1) is 10.2 Å². The Hall–Kier alpha value is -3.13. The smallest absolute Gasteiger partial charge is 0.267 e. The zero-order chi connectivity index (χ0) is 22.4. The van der Waals surface area contributed by atoms with E-state index in [0.717, 1.165) is 28.9 Å². The number of amides is 1. The van der Waals surface area contributed by atoms with Crippen molar-refractivity contribution in [2.24, 2.45) is 5.92 Å². The lowest BCUT2D eigenvalue weighted by atomic mass is 10.1. The standard InChI is InChI=1S/C24H25N5O2S/c1-15-8-11-19(16(2)12-15)28-22(31)18-6-4-5-7-20(18)29-23(28)25-26-24(29)32-14-21(30)27(3)13-17-9-10-17/h4-8,11-12,17H,9-10,13-14H2,1-3H3. The molecule has 2 aromatic carbocycles. The minimum Gasteiger partial charge on any atom is -0.345 e. The lowest BCUT2D eigenvalue weighted by Crippen LogP contribution is -2.30. The Kier molecular flexibility index (Phi) is 5.25. The molecule has 32 heavy (non-hydrogen) atoms. The van der Waals surface area contributed by atoms with Gasteiger partial charge in [-0.05, 0) is 56.4 Å². The van der Waals surface area contributed by atoms with Crippen LogP contribution in [0.5, 0.6) is 0 Å². The average molecular weight is 448 g/mol. The van der Waals surface area contributed by atoms with Crippen LogP contribution in [0.1, 0.15) is 24.0 Å². The van der Waals surface area contributed by atoms with E-state index in [2.05, 4.69) is 10.2 Å². The quantitative estimate of drug-likeness (QED) is 0.422. The van der Waals surface area contributed by atoms with E-state index in [1.54, 1.807) is 9.47 Å². The van der Waals surface area contributed by atoms with Gasteiger partial charge in [-0.3, -0.25) is 14.0 Å². The first kappa shape index (κ1) is 20.8. The number of para-hydroxylation sites is 1. The van der Waals surface area contributed by atoms with E-state index >= 15 is 0 Å². The maximum atomic E-state index is 13.5. The predicted molar refractivity (Wildman–Crippen MR) is 127 cm³/mol. The summed E-state index contributed by atoms with van der Waals surface area (Å²) in [7, 11) is 1.86. The van der Waals surface area contributed by atoms with Gasteiger partial charge in [0.05, 0.1) is 22.3 Å². The Bertz CT molecular complexity index is 1400. The number of fused-ring (bicyclic) bond motifs is 3. The summed E-state index contributed by atoms with van der Waals surface area (Å²) in [6.07, 6.45) is 2.42. The van der Waals surface area contributed by atoms with Crippen molar-refractivity contribution < 1.29 is 4.79 Å². The second-order valence-corrected chi connectivity index (χ2v) is 9.51. The summed E-state index contributed by atoms with van der Waals surface area (Å²) in [5.74, 6) is 1.45. The van der Waals surface area contributed by atoms with Crippen LogP contribution in [0.15, 0.2) is 52.4 Å². The Morgan fingerprint density at radius 2 is 1.94 bits per heavy atom. The molecule has 1 fully saturated rings. The molecule has 4 aromatic rings. The molecule has 5 rings (SSSR count). The molecule has 0 saturated heterocycles. The Morgan fingerprint density at radius 1 is 1.16 bits per heavy atom. The average Bonchev–Trinajstić information content (AvgIpc) is 3.49. The van der Waals surface area contributed by atoms with E-state index in [4.69, 9.17) is 0 Å². The number of benzene rings is 2. The predicted octanol–water partition coefficient (Wildman–Crippen LogP) is 3.61. The fourth-order valence-corrected chi connectivity index (χ4v) is 4.95. The van der Waals surface area contributed by atoms with Gasteiger partial charge in [-0.1, -0.05) is 41.6 Å². The summed E-state index contributed by atoms with van der Waals surface area (Å²) in [5.41, 5.74) is 3.49. The monoisotopic (exact) mass is 447 g/mol. The molecule has 2 aromatic heterocycles. The van der Waals surface area contributed by atoms with Gasteiger partial charge in [-0.25, -0.2) is 4.57 Å². The van der Waals surface area contributed by atoms with Gasteiger partial charge >= 0.3 is 0 Å². The molecule has 7 nitrogen and oxygen atoms in total. The lowest BCUT2D eigenvalue weighted by molar-refractivity contribution is -0.127. The normalized spacial score (nSPS) is 13.7. The molecular formula is C24H25N5O2S. The molecule has 1 aliphatic rings. The Morgan fingerprint density at radius 3 is 2.69 bits per heavy atom. The van der Waals surface area contributed by atoms with Crippen molar-refractivity contribution in [2.75, 3.05) is 19.3 Å². The van der Waals surface area contributed by atoms with Crippen LogP contribution in [0.3, 0.4) is 0 Å². The molecule has 0 unspecified atom stereocenters. The molecule has 0 bridgehead atoms. The molecule has 0 atom stereocenters. The molecule has 0 N–H and O–H groups in total. The van der Waals surface area contributed by atoms with Crippen molar-refractivity contribution in [3.8, 4) is 5.69 Å². The molecule has 1 saturated carbocycles. The van der Waals surface area contributed by atoms with Crippen LogP contribution in [-0.4, -0.2) is 49.3 Å². The lowest BCUT2D eigenvalue weighted by Gasteiger charge is -2.16. The number of hydrogen-bond donors (Lipinski definition) is 0. The summed E-state index contributed by atoms with van der Waals surface area (Å²) >= 11 is 1.35. The van der Waals surface area contributed by atoms with Crippen molar-refractivity contribution in [1.82, 2.24) is 24.1 Å². The molecule has 1 amide bonds. The Labute approximate surface area is 190 Å². The number of thioether (sulfide) groups is 1. The highest BCUT2D eigenvalue weighted by molar-refractivity contribution is 7.99. The van der Waals surface area contributed by atoms with Crippen LogP contribution < -0.4 is 5.56 Å². The fraction of sp³-hybridized carbons (Fsp3) is 0.333. The van der Waals surface area contributed by atoms with Crippen molar-refractivity contribution in [3.63, 3.8) is 0 Å². The van der Waals surface area contributed by atoms with Gasteiger partial charge in [-0.2, -0.15) is 0 Å². The molecule has 0 radical (unpaired) electrons. The number of rotatable bonds is 6. The third kappa shape index (κ3) is 3.68. The van der Waals surface area contributed by atoms with Gasteiger partial charge in [0.1, 0.15) is 0 Å². The van der Waals surface area contributed by atoms with E-state index in [9.17, 15) is 9.59 Å². The summed E-state index contributed by atoms with van der Waals surface area (Å²) in [6.45, 7) is 4.83. The second kappa shape index (κ2) is 8.09. The van der Waals surface area contributed by atoms with Crippen molar-refractivity contribution >= 4 is 34.3 Å². The number of aryl methyl sites for hydroxylation is 2. The maximum absolute atomic E-state index is 13.5. The largest absolute Gasteiger partial charge is 0.345 e. The zero-order valence-electron chi connectivity index (χ0n) is 18.4. The molecular weight excluding hydrogens is 422 g/mol. The van der Waals surface area contributed by atoms with Crippen LogP contribution in [-0.2, 0) is 4.79 Å². The van der Waals surface area contributed by atoms with Gasteiger partial charge in [0.2, 0.25) is 11.7 Å². The van der Waals surface area contributed by atoms with Crippen LogP contribution in [0.4, 0.5) is 0 Å². The first-order valence-electron chi connectivity index (χ1n) is 10.8. The first-order chi connectivity index (χ1) is 15.4. The number of hydrogen-bond acceptors (Lipinski definition) is 5. The van der Waals surface area contributed by atoms with E-state index in [1.165, 1.54) is 24.6 Å². The number of carbonyl (C=O) groups is 1. The van der Waals surface area contributed by atoms with E-state index < -0.39 is 0 Å². The minimum atomic E-state index is -0.135. The van der Waals surface area contributed by atoms with Gasteiger partial charge in [0.15, 0.2) is 5.16 Å². The highest BCUT2D eigenvalue weighted by Crippen LogP contribution is 2.30. The van der Waals surface area contributed by atoms with E-state index in [1.807, 2.05) is 67.8 Å². The topological polar surface area (TPSA) is 72.5 Å². The van der Waals surface area contributed by atoms with Gasteiger partial charge < -0.3 is 4.90 Å². The van der Waals surface area contributed by atoms with Crippen LogP contribution in [0, 0.1) is 19.8 Å². The molecule has 0 spiro atoms. The highest BCUT2D eigenvalue weighted by atomic mass is 32.2. The summed E-state index contributed by atoms with van der Waals surface area (Å²) in [5, 5.41) is 9.93. The summed E-state index contributed by atoms with van der Waals surface area (Å²) in [6, 6.07) is 13.4. The molecule has 164 valence electrons. The third-order valence-electron chi connectivity index (χ3n) is 5.97. The second-order valence-electron chi connectivity index (χ2n) is 8.57. The number of carbonyl (C=O) groups excluding carboxylic acids is 1. The van der Waals surface area contributed by atoms with Crippen molar-refractivity contribution in [3.05, 3.63) is 63.9 Å². The Balaban J connectivity index is 1.61. The zero-order valence-corrected chi connectivity index (χ0v) is 19.2. The number of aromatic nitrogens is 4. The molecule has 1 aliphatic carbocycles. The third-order valence-corrected chi connectivity index (χ3v) is 6.88. The molecule has 8 heteroatoms.